The molecule has 5 heteroatoms. The monoisotopic (exact) mass is 430 g/mol. The number of hydrogen-bond acceptors (Lipinski definition) is 2. The average Bonchev–Trinajstić information content (AvgIpc) is 2.55. The van der Waals surface area contributed by atoms with Crippen molar-refractivity contribution in [2.75, 3.05) is 13.6 Å². The number of nitrogens with zero attached hydrogens (tertiary/aromatic N) is 2. The van der Waals surface area contributed by atoms with Crippen LogP contribution in [0.5, 0.6) is 0 Å². The molecule has 0 atom stereocenters. The molecule has 0 unspecified atom stereocenters. The zero-order chi connectivity index (χ0) is 15.8. The molecule has 2 N–H and O–H groups in total. The maximum Gasteiger partial charge on any atom is 0.191 e. The smallest absolute Gasteiger partial charge is 0.191 e. The van der Waals surface area contributed by atoms with Crippen molar-refractivity contribution in [3.05, 3.63) is 30.1 Å². The van der Waals surface area contributed by atoms with Gasteiger partial charge in [-0.05, 0) is 49.7 Å². The third-order valence-electron chi connectivity index (χ3n) is 4.68. The summed E-state index contributed by atoms with van der Waals surface area (Å²) >= 11 is 0. The van der Waals surface area contributed by atoms with Crippen molar-refractivity contribution in [1.29, 1.82) is 0 Å². The quantitative estimate of drug-likeness (QED) is 0.426. The van der Waals surface area contributed by atoms with Crippen LogP contribution in [0.25, 0.3) is 0 Å². The number of aliphatic imine (C=N–C) groups is 1. The summed E-state index contributed by atoms with van der Waals surface area (Å²) in [6.07, 6.45) is 7.94. The normalized spacial score (nSPS) is 21.7. The van der Waals surface area contributed by atoms with Crippen LogP contribution in [0.2, 0.25) is 0 Å². The number of hydrogen-bond donors (Lipinski definition) is 2. The second-order valence-corrected chi connectivity index (χ2v) is 6.57. The largest absolute Gasteiger partial charge is 0.356 e. The molecule has 1 heterocycles. The van der Waals surface area contributed by atoms with Crippen LogP contribution in [0.4, 0.5) is 0 Å². The van der Waals surface area contributed by atoms with Gasteiger partial charge in [0.15, 0.2) is 5.96 Å². The molecular formula is C18H31IN4. The van der Waals surface area contributed by atoms with E-state index in [1.54, 1.807) is 0 Å². The number of halogens is 1. The van der Waals surface area contributed by atoms with Gasteiger partial charge in [-0.1, -0.05) is 19.9 Å². The summed E-state index contributed by atoms with van der Waals surface area (Å²) in [5, 5.41) is 6.97. The van der Waals surface area contributed by atoms with Crippen LogP contribution in [0.15, 0.2) is 29.4 Å². The van der Waals surface area contributed by atoms with E-state index in [1.165, 1.54) is 25.7 Å². The predicted molar refractivity (Wildman–Crippen MR) is 108 cm³/mol. The summed E-state index contributed by atoms with van der Waals surface area (Å²) < 4.78 is 0. The number of aromatic nitrogens is 1. The van der Waals surface area contributed by atoms with Crippen LogP contribution in [-0.2, 0) is 6.42 Å². The van der Waals surface area contributed by atoms with E-state index >= 15 is 0 Å². The van der Waals surface area contributed by atoms with Crippen molar-refractivity contribution in [3.63, 3.8) is 0 Å². The molecule has 0 spiro atoms. The molecule has 0 bridgehead atoms. The molecule has 0 saturated heterocycles. The SMILES string of the molecule is CN=C(NCCc1ccccn1)NC1CCC(C(C)C)CC1.I. The van der Waals surface area contributed by atoms with Crippen LogP contribution >= 0.6 is 24.0 Å². The molecule has 0 aliphatic heterocycles. The number of rotatable bonds is 5. The maximum absolute atomic E-state index is 4.34. The highest BCUT2D eigenvalue weighted by molar-refractivity contribution is 14.0. The Balaban J connectivity index is 0.00000264. The molecule has 4 nitrogen and oxygen atoms in total. The average molecular weight is 430 g/mol. The lowest BCUT2D eigenvalue weighted by molar-refractivity contribution is 0.250. The van der Waals surface area contributed by atoms with Crippen molar-refractivity contribution in [1.82, 2.24) is 15.6 Å². The Morgan fingerprint density at radius 1 is 1.26 bits per heavy atom. The molecule has 0 amide bonds. The van der Waals surface area contributed by atoms with E-state index in [2.05, 4.69) is 40.5 Å². The number of guanidine groups is 1. The summed E-state index contributed by atoms with van der Waals surface area (Å²) in [7, 11) is 1.84. The molecule has 1 fully saturated rings. The van der Waals surface area contributed by atoms with E-state index in [0.717, 1.165) is 36.5 Å². The molecule has 1 aliphatic carbocycles. The van der Waals surface area contributed by atoms with Gasteiger partial charge in [0.25, 0.3) is 0 Å². The fourth-order valence-corrected chi connectivity index (χ4v) is 3.17. The molecule has 2 rings (SSSR count). The second kappa shape index (κ2) is 10.8. The fourth-order valence-electron chi connectivity index (χ4n) is 3.17. The van der Waals surface area contributed by atoms with Gasteiger partial charge in [-0.15, -0.1) is 24.0 Å². The van der Waals surface area contributed by atoms with Gasteiger partial charge in [0.2, 0.25) is 0 Å². The summed E-state index contributed by atoms with van der Waals surface area (Å²) in [6.45, 7) is 5.55. The van der Waals surface area contributed by atoms with Crippen molar-refractivity contribution in [3.8, 4) is 0 Å². The minimum Gasteiger partial charge on any atom is -0.356 e. The van der Waals surface area contributed by atoms with E-state index in [4.69, 9.17) is 0 Å². The Labute approximate surface area is 158 Å². The van der Waals surface area contributed by atoms with Crippen molar-refractivity contribution >= 4 is 29.9 Å². The molecule has 130 valence electrons. The zero-order valence-electron chi connectivity index (χ0n) is 14.6. The summed E-state index contributed by atoms with van der Waals surface area (Å²) in [5.41, 5.74) is 1.11. The third kappa shape index (κ3) is 7.06. The number of nitrogens with one attached hydrogen (secondary N) is 2. The summed E-state index contributed by atoms with van der Waals surface area (Å²) in [5.74, 6) is 2.64. The summed E-state index contributed by atoms with van der Waals surface area (Å²) in [6, 6.07) is 6.61. The van der Waals surface area contributed by atoms with E-state index in [-0.39, 0.29) is 24.0 Å². The first kappa shape index (κ1) is 20.2. The third-order valence-corrected chi connectivity index (χ3v) is 4.68. The molecule has 1 aromatic heterocycles. The first-order chi connectivity index (χ1) is 10.7. The van der Waals surface area contributed by atoms with Crippen LogP contribution in [0, 0.1) is 11.8 Å². The standard InChI is InChI=1S/C18H30N4.HI/c1-14(2)15-7-9-17(10-8-15)22-18(19-3)21-13-11-16-6-4-5-12-20-16;/h4-6,12,14-15,17H,7-11,13H2,1-3H3,(H2,19,21,22);1H. The fraction of sp³-hybridized carbons (Fsp3) is 0.667. The van der Waals surface area contributed by atoms with Gasteiger partial charge in [0.05, 0.1) is 0 Å². The minimum atomic E-state index is 0. The van der Waals surface area contributed by atoms with Gasteiger partial charge in [-0.25, -0.2) is 0 Å². The van der Waals surface area contributed by atoms with Gasteiger partial charge in [-0.2, -0.15) is 0 Å². The Morgan fingerprint density at radius 3 is 2.57 bits per heavy atom. The Bertz CT molecular complexity index is 453. The maximum atomic E-state index is 4.34. The Kier molecular flexibility index (Phi) is 9.52. The van der Waals surface area contributed by atoms with Crippen LogP contribution in [0.3, 0.4) is 0 Å². The zero-order valence-corrected chi connectivity index (χ0v) is 16.9. The Hall–Kier alpha value is -0.850. The van der Waals surface area contributed by atoms with Gasteiger partial charge in [-0.3, -0.25) is 9.98 Å². The van der Waals surface area contributed by atoms with Gasteiger partial charge >= 0.3 is 0 Å². The summed E-state index contributed by atoms with van der Waals surface area (Å²) in [4.78, 5) is 8.68. The first-order valence-electron chi connectivity index (χ1n) is 8.56. The molecular weight excluding hydrogens is 399 g/mol. The van der Waals surface area contributed by atoms with E-state index in [1.807, 2.05) is 25.4 Å². The van der Waals surface area contributed by atoms with E-state index in [0.29, 0.717) is 6.04 Å². The van der Waals surface area contributed by atoms with Gasteiger partial charge in [0, 0.05) is 37.9 Å². The molecule has 1 aliphatic rings. The molecule has 0 aromatic carbocycles. The minimum absolute atomic E-state index is 0. The highest BCUT2D eigenvalue weighted by Gasteiger charge is 2.23. The topological polar surface area (TPSA) is 49.3 Å². The second-order valence-electron chi connectivity index (χ2n) is 6.57. The lowest BCUT2D eigenvalue weighted by Crippen LogP contribution is -2.45. The van der Waals surface area contributed by atoms with Crippen molar-refractivity contribution in [2.24, 2.45) is 16.8 Å². The lowest BCUT2D eigenvalue weighted by Gasteiger charge is -2.32. The van der Waals surface area contributed by atoms with Crippen LogP contribution in [0.1, 0.15) is 45.2 Å². The van der Waals surface area contributed by atoms with Crippen LogP contribution in [-0.4, -0.2) is 30.6 Å². The lowest BCUT2D eigenvalue weighted by atomic mass is 9.80. The molecule has 0 radical (unpaired) electrons. The van der Waals surface area contributed by atoms with E-state index in [9.17, 15) is 0 Å². The van der Waals surface area contributed by atoms with Gasteiger partial charge in [0.1, 0.15) is 0 Å². The van der Waals surface area contributed by atoms with E-state index < -0.39 is 0 Å². The van der Waals surface area contributed by atoms with Crippen molar-refractivity contribution < 1.29 is 0 Å². The van der Waals surface area contributed by atoms with Crippen molar-refractivity contribution in [2.45, 2.75) is 52.0 Å². The Morgan fingerprint density at radius 2 is 2.00 bits per heavy atom. The van der Waals surface area contributed by atoms with Gasteiger partial charge < -0.3 is 10.6 Å². The molecule has 23 heavy (non-hydrogen) atoms. The highest BCUT2D eigenvalue weighted by atomic mass is 127. The first-order valence-corrected chi connectivity index (χ1v) is 8.56. The molecule has 1 saturated carbocycles. The molecule has 1 aromatic rings. The number of pyridine rings is 1. The predicted octanol–water partition coefficient (Wildman–Crippen LogP) is 3.62. The van der Waals surface area contributed by atoms with Crippen LogP contribution < -0.4 is 10.6 Å². The highest BCUT2D eigenvalue weighted by Crippen LogP contribution is 2.29.